The highest BCUT2D eigenvalue weighted by Crippen LogP contribution is 2.13. The Labute approximate surface area is 106 Å². The van der Waals surface area contributed by atoms with Gasteiger partial charge in [0.15, 0.2) is 0 Å². The molecule has 0 bridgehead atoms. The maximum atomic E-state index is 5.13. The van der Waals surface area contributed by atoms with Gasteiger partial charge in [-0.3, -0.25) is 0 Å². The van der Waals surface area contributed by atoms with Crippen LogP contribution in [0.3, 0.4) is 0 Å². The number of nitrogens with zero attached hydrogens (tertiary/aromatic N) is 1. The summed E-state index contributed by atoms with van der Waals surface area (Å²) in [5, 5.41) is 3.82. The molecule has 0 saturated carbocycles. The quantitative estimate of drug-likeness (QED) is 0.416. The Hall–Kier alpha value is -0.830. The molecule has 0 aliphatic carbocycles. The largest absolute Gasteiger partial charge is 0.395 e. The van der Waals surface area contributed by atoms with Crippen LogP contribution in [-0.4, -0.2) is 12.8 Å². The molecule has 0 aliphatic rings. The Morgan fingerprint density at radius 3 is 2.81 bits per heavy atom. The van der Waals surface area contributed by atoms with Gasteiger partial charge in [-0.05, 0) is 18.9 Å². The third-order valence-corrected chi connectivity index (χ3v) is 2.89. The van der Waals surface area contributed by atoms with Crippen LogP contribution in [0.1, 0.15) is 38.2 Å². The van der Waals surface area contributed by atoms with Crippen molar-refractivity contribution in [3.05, 3.63) is 34.3 Å². The summed E-state index contributed by atoms with van der Waals surface area (Å²) in [6.45, 7) is 2.87. The van der Waals surface area contributed by atoms with Gasteiger partial charge in [-0.25, -0.2) is 0 Å². The van der Waals surface area contributed by atoms with Crippen LogP contribution < -0.4 is 0 Å². The van der Waals surface area contributed by atoms with E-state index in [1.54, 1.807) is 0 Å². The SMILES string of the molecule is CCCCCCO/N=[C]/c1ccccc1Br. The molecule has 0 amide bonds. The molecule has 0 spiro atoms. The van der Waals surface area contributed by atoms with Gasteiger partial charge < -0.3 is 4.84 Å². The molecular weight excluding hydrogens is 266 g/mol. The van der Waals surface area contributed by atoms with E-state index in [9.17, 15) is 0 Å². The summed E-state index contributed by atoms with van der Waals surface area (Å²) in [6, 6.07) is 7.80. The zero-order valence-electron chi connectivity index (χ0n) is 9.58. The second-order valence-corrected chi connectivity index (χ2v) is 4.43. The van der Waals surface area contributed by atoms with Crippen LogP contribution in [-0.2, 0) is 4.84 Å². The summed E-state index contributed by atoms with van der Waals surface area (Å²) >= 11 is 3.42. The molecule has 0 atom stereocenters. The molecule has 3 heteroatoms. The van der Waals surface area contributed by atoms with Crippen molar-refractivity contribution in [1.29, 1.82) is 0 Å². The minimum atomic E-state index is 0.678. The van der Waals surface area contributed by atoms with Gasteiger partial charge in [0, 0.05) is 10.0 Å². The molecule has 0 aromatic heterocycles. The summed E-state index contributed by atoms with van der Waals surface area (Å²) in [4.78, 5) is 5.13. The van der Waals surface area contributed by atoms with Crippen molar-refractivity contribution in [2.45, 2.75) is 32.6 Å². The molecule has 0 fully saturated rings. The van der Waals surface area contributed by atoms with E-state index in [4.69, 9.17) is 4.84 Å². The molecule has 0 aliphatic heterocycles. The third kappa shape index (κ3) is 5.31. The molecule has 0 saturated heterocycles. The Morgan fingerprint density at radius 2 is 2.06 bits per heavy atom. The zero-order valence-corrected chi connectivity index (χ0v) is 11.2. The van der Waals surface area contributed by atoms with Crippen LogP contribution in [0, 0.1) is 0 Å². The second kappa shape index (κ2) is 8.34. The highest BCUT2D eigenvalue weighted by molar-refractivity contribution is 9.10. The van der Waals surface area contributed by atoms with E-state index in [0.717, 1.165) is 16.5 Å². The Kier molecular flexibility index (Phi) is 6.90. The summed E-state index contributed by atoms with van der Waals surface area (Å²) < 4.78 is 0.980. The average Bonchev–Trinajstić information content (AvgIpc) is 2.30. The smallest absolute Gasteiger partial charge is 0.140 e. The van der Waals surface area contributed by atoms with Gasteiger partial charge >= 0.3 is 0 Å². The average molecular weight is 283 g/mol. The maximum absolute atomic E-state index is 5.13. The predicted molar refractivity (Wildman–Crippen MR) is 70.8 cm³/mol. The molecule has 0 heterocycles. The van der Waals surface area contributed by atoms with Crippen molar-refractivity contribution in [3.8, 4) is 0 Å². The van der Waals surface area contributed by atoms with Gasteiger partial charge in [0.1, 0.15) is 12.8 Å². The first-order chi connectivity index (χ1) is 7.84. The van der Waals surface area contributed by atoms with Crippen LogP contribution in [0.4, 0.5) is 0 Å². The lowest BCUT2D eigenvalue weighted by Gasteiger charge is -1.98. The van der Waals surface area contributed by atoms with E-state index in [1.165, 1.54) is 19.3 Å². The van der Waals surface area contributed by atoms with E-state index in [-0.39, 0.29) is 0 Å². The van der Waals surface area contributed by atoms with Gasteiger partial charge in [-0.2, -0.15) is 0 Å². The number of unbranched alkanes of at least 4 members (excludes halogenated alkanes) is 3. The van der Waals surface area contributed by atoms with Gasteiger partial charge in [0.05, 0.1) is 0 Å². The molecule has 1 aromatic carbocycles. The van der Waals surface area contributed by atoms with Gasteiger partial charge in [-0.1, -0.05) is 59.1 Å². The van der Waals surface area contributed by atoms with Gasteiger partial charge in [0.2, 0.25) is 0 Å². The fourth-order valence-corrected chi connectivity index (χ4v) is 1.65. The number of halogens is 1. The van der Waals surface area contributed by atoms with Crippen molar-refractivity contribution in [1.82, 2.24) is 0 Å². The molecule has 16 heavy (non-hydrogen) atoms. The highest BCUT2D eigenvalue weighted by atomic mass is 79.9. The molecule has 87 valence electrons. The standard InChI is InChI=1S/C13H17BrNO/c1-2-3-4-7-10-16-15-11-12-8-5-6-9-13(12)14/h5-6,8-9H,2-4,7,10H2,1H3. The molecule has 1 rings (SSSR count). The monoisotopic (exact) mass is 282 g/mol. The molecule has 2 nitrogen and oxygen atoms in total. The van der Waals surface area contributed by atoms with Crippen LogP contribution >= 0.6 is 15.9 Å². The highest BCUT2D eigenvalue weighted by Gasteiger charge is 1.94. The van der Waals surface area contributed by atoms with Crippen molar-refractivity contribution in [2.75, 3.05) is 6.61 Å². The fraction of sp³-hybridized carbons (Fsp3) is 0.462. The Morgan fingerprint density at radius 1 is 1.25 bits per heavy atom. The van der Waals surface area contributed by atoms with Crippen LogP contribution in [0.5, 0.6) is 0 Å². The van der Waals surface area contributed by atoms with Crippen molar-refractivity contribution in [2.24, 2.45) is 5.16 Å². The van der Waals surface area contributed by atoms with Crippen LogP contribution in [0.2, 0.25) is 0 Å². The zero-order chi connectivity index (χ0) is 11.6. The van der Waals surface area contributed by atoms with E-state index in [2.05, 4.69) is 34.2 Å². The summed E-state index contributed by atoms with van der Waals surface area (Å²) in [5.74, 6) is 0. The minimum Gasteiger partial charge on any atom is -0.395 e. The lowest BCUT2D eigenvalue weighted by molar-refractivity contribution is 0.141. The Bertz CT molecular complexity index is 325. The summed E-state index contributed by atoms with van der Waals surface area (Å²) in [5.41, 5.74) is 0.913. The first-order valence-corrected chi connectivity index (χ1v) is 6.46. The maximum Gasteiger partial charge on any atom is 0.140 e. The number of hydrogen-bond acceptors (Lipinski definition) is 2. The first-order valence-electron chi connectivity index (χ1n) is 5.67. The summed E-state index contributed by atoms with van der Waals surface area (Å²) in [6.07, 6.45) is 7.64. The minimum absolute atomic E-state index is 0.678. The van der Waals surface area contributed by atoms with Crippen LogP contribution in [0.15, 0.2) is 33.9 Å². The second-order valence-electron chi connectivity index (χ2n) is 3.58. The molecular formula is C13H17BrNO. The van der Waals surface area contributed by atoms with Crippen molar-refractivity contribution in [3.63, 3.8) is 0 Å². The Balaban J connectivity index is 2.20. The first kappa shape index (κ1) is 13.2. The van der Waals surface area contributed by atoms with Gasteiger partial charge in [0.25, 0.3) is 0 Å². The normalized spacial score (nSPS) is 10.9. The van der Waals surface area contributed by atoms with Gasteiger partial charge in [-0.15, -0.1) is 0 Å². The number of benzene rings is 1. The number of rotatable bonds is 7. The topological polar surface area (TPSA) is 21.6 Å². The van der Waals surface area contributed by atoms with Crippen molar-refractivity contribution < 1.29 is 4.84 Å². The lowest BCUT2D eigenvalue weighted by atomic mass is 10.2. The molecule has 1 aromatic rings. The molecule has 0 unspecified atom stereocenters. The van der Waals surface area contributed by atoms with E-state index in [1.807, 2.05) is 24.3 Å². The molecule has 1 radical (unpaired) electrons. The molecule has 0 N–H and O–H groups in total. The summed E-state index contributed by atoms with van der Waals surface area (Å²) in [7, 11) is 0. The van der Waals surface area contributed by atoms with E-state index >= 15 is 0 Å². The predicted octanol–water partition coefficient (Wildman–Crippen LogP) is 4.26. The fourth-order valence-electron chi connectivity index (χ4n) is 1.27. The number of hydrogen-bond donors (Lipinski definition) is 0. The third-order valence-electron chi connectivity index (χ3n) is 2.19. The van der Waals surface area contributed by atoms with Crippen LogP contribution in [0.25, 0.3) is 0 Å². The van der Waals surface area contributed by atoms with Crippen molar-refractivity contribution >= 4 is 22.1 Å². The van der Waals surface area contributed by atoms with E-state index in [0.29, 0.717) is 6.61 Å². The van der Waals surface area contributed by atoms with E-state index < -0.39 is 0 Å². The lowest BCUT2D eigenvalue weighted by Crippen LogP contribution is -1.90.